The molecular formula is C14H24N6O. The lowest BCUT2D eigenvalue weighted by Gasteiger charge is -2.30. The summed E-state index contributed by atoms with van der Waals surface area (Å²) < 4.78 is 0. The summed E-state index contributed by atoms with van der Waals surface area (Å²) in [5.74, 6) is 0.793. The van der Waals surface area contributed by atoms with E-state index in [9.17, 15) is 0 Å². The van der Waals surface area contributed by atoms with Crippen LogP contribution in [0, 0.1) is 13.8 Å². The van der Waals surface area contributed by atoms with Gasteiger partial charge in [-0.25, -0.2) is 0 Å². The van der Waals surface area contributed by atoms with E-state index in [1.807, 2.05) is 13.8 Å². The molecule has 21 heavy (non-hydrogen) atoms. The van der Waals surface area contributed by atoms with Crippen LogP contribution in [-0.4, -0.2) is 58.9 Å². The Hall–Kier alpha value is -1.89. The van der Waals surface area contributed by atoms with Gasteiger partial charge in [0.1, 0.15) is 0 Å². The topological polar surface area (TPSA) is 90.9 Å². The summed E-state index contributed by atoms with van der Waals surface area (Å²) in [6.45, 7) is 8.85. The van der Waals surface area contributed by atoms with E-state index < -0.39 is 0 Å². The lowest BCUT2D eigenvalue weighted by molar-refractivity contribution is 0.318. The van der Waals surface area contributed by atoms with E-state index in [-0.39, 0.29) is 5.84 Å². The summed E-state index contributed by atoms with van der Waals surface area (Å²) in [4.78, 5) is 4.51. The molecule has 0 bridgehead atoms. The summed E-state index contributed by atoms with van der Waals surface area (Å²) in [6.07, 6.45) is 1.05. The maximum Gasteiger partial charge on any atom is 0.174 e. The predicted molar refractivity (Wildman–Crippen MR) is 82.9 cm³/mol. The Bertz CT molecular complexity index is 545. The van der Waals surface area contributed by atoms with Gasteiger partial charge in [-0.15, -0.1) is 5.10 Å². The molecule has 1 atom stereocenters. The number of nitrogens with two attached hydrogens (primary N) is 1. The fourth-order valence-corrected chi connectivity index (χ4v) is 2.84. The van der Waals surface area contributed by atoms with Crippen molar-refractivity contribution in [2.24, 2.45) is 10.9 Å². The van der Waals surface area contributed by atoms with E-state index in [0.717, 1.165) is 37.3 Å². The van der Waals surface area contributed by atoms with Gasteiger partial charge in [-0.1, -0.05) is 5.16 Å². The van der Waals surface area contributed by atoms with Gasteiger partial charge in [-0.2, -0.15) is 5.10 Å². The van der Waals surface area contributed by atoms with Crippen molar-refractivity contribution in [2.45, 2.75) is 33.2 Å². The minimum absolute atomic E-state index is 0.0882. The van der Waals surface area contributed by atoms with Gasteiger partial charge in [0, 0.05) is 19.1 Å². The van der Waals surface area contributed by atoms with Crippen LogP contribution >= 0.6 is 0 Å². The Morgan fingerprint density at radius 3 is 2.71 bits per heavy atom. The summed E-state index contributed by atoms with van der Waals surface area (Å²) in [6, 6.07) is 0.291. The molecule has 1 saturated heterocycles. The molecular weight excluding hydrogens is 268 g/mol. The molecule has 1 aliphatic heterocycles. The number of oxime groups is 1. The van der Waals surface area contributed by atoms with Crippen LogP contribution in [0.15, 0.2) is 5.16 Å². The van der Waals surface area contributed by atoms with Crippen molar-refractivity contribution in [3.05, 3.63) is 16.8 Å². The maximum absolute atomic E-state index is 9.08. The highest BCUT2D eigenvalue weighted by Crippen LogP contribution is 2.25. The number of likely N-dealkylation sites (N-methyl/N-ethyl adjacent to an activating group) is 1. The maximum atomic E-state index is 9.08. The molecule has 7 heteroatoms. The number of rotatable bonds is 2. The summed E-state index contributed by atoms with van der Waals surface area (Å²) in [5.41, 5.74) is 8.25. The Morgan fingerprint density at radius 2 is 2.05 bits per heavy atom. The molecule has 0 spiro atoms. The van der Waals surface area contributed by atoms with Crippen LogP contribution < -0.4 is 10.6 Å². The number of nitrogens with zero attached hydrogens (tertiary/aromatic N) is 5. The lowest BCUT2D eigenvalue weighted by Crippen LogP contribution is -2.40. The van der Waals surface area contributed by atoms with Crippen molar-refractivity contribution in [3.8, 4) is 0 Å². The third kappa shape index (κ3) is 3.07. The van der Waals surface area contributed by atoms with Gasteiger partial charge >= 0.3 is 0 Å². The van der Waals surface area contributed by atoms with E-state index in [2.05, 4.69) is 39.1 Å². The zero-order chi connectivity index (χ0) is 15.6. The Balaban J connectivity index is 2.50. The first-order chi connectivity index (χ1) is 9.95. The van der Waals surface area contributed by atoms with Gasteiger partial charge in [0.25, 0.3) is 0 Å². The van der Waals surface area contributed by atoms with E-state index in [0.29, 0.717) is 17.4 Å². The number of hydrogen-bond acceptors (Lipinski definition) is 6. The van der Waals surface area contributed by atoms with Crippen LogP contribution in [0.4, 0.5) is 5.82 Å². The van der Waals surface area contributed by atoms with Gasteiger partial charge in [-0.3, -0.25) is 0 Å². The number of aromatic nitrogens is 2. The van der Waals surface area contributed by atoms with Gasteiger partial charge in [-0.05, 0) is 46.3 Å². The molecule has 1 aromatic heterocycles. The van der Waals surface area contributed by atoms with Crippen LogP contribution in [-0.2, 0) is 0 Å². The van der Waals surface area contributed by atoms with Gasteiger partial charge in [0.15, 0.2) is 11.7 Å². The Kier molecular flexibility index (Phi) is 4.62. The first-order valence-electron chi connectivity index (χ1n) is 7.22. The molecule has 1 aromatic rings. The SMILES string of the molecule is Cc1nnc(N2CCCN(C)CC2C)c(C(N)=NO)c1C. The minimum Gasteiger partial charge on any atom is -0.409 e. The van der Waals surface area contributed by atoms with E-state index in [4.69, 9.17) is 10.9 Å². The highest BCUT2D eigenvalue weighted by Gasteiger charge is 2.26. The number of aryl methyl sites for hydroxylation is 1. The van der Waals surface area contributed by atoms with Crippen molar-refractivity contribution in [2.75, 3.05) is 31.6 Å². The Labute approximate surface area is 125 Å². The van der Waals surface area contributed by atoms with Crippen LogP contribution in [0.5, 0.6) is 0 Å². The summed E-state index contributed by atoms with van der Waals surface area (Å²) in [5, 5.41) is 20.8. The molecule has 0 radical (unpaired) electrons. The minimum atomic E-state index is 0.0882. The third-order valence-corrected chi connectivity index (χ3v) is 4.12. The second kappa shape index (κ2) is 6.26. The molecule has 1 aliphatic rings. The van der Waals surface area contributed by atoms with Gasteiger partial charge < -0.3 is 20.7 Å². The molecule has 2 heterocycles. The van der Waals surface area contributed by atoms with Crippen molar-refractivity contribution >= 4 is 11.7 Å². The number of anilines is 1. The fourth-order valence-electron chi connectivity index (χ4n) is 2.84. The van der Waals surface area contributed by atoms with Crippen molar-refractivity contribution in [1.82, 2.24) is 15.1 Å². The van der Waals surface area contributed by atoms with Crippen LogP contribution in [0.1, 0.15) is 30.2 Å². The molecule has 0 aromatic carbocycles. The third-order valence-electron chi connectivity index (χ3n) is 4.12. The largest absolute Gasteiger partial charge is 0.409 e. The van der Waals surface area contributed by atoms with E-state index in [1.54, 1.807) is 0 Å². The normalized spacial score (nSPS) is 21.4. The van der Waals surface area contributed by atoms with Crippen LogP contribution in [0.25, 0.3) is 0 Å². The average molecular weight is 292 g/mol. The monoisotopic (exact) mass is 292 g/mol. The second-order valence-corrected chi connectivity index (χ2v) is 5.75. The molecule has 7 nitrogen and oxygen atoms in total. The second-order valence-electron chi connectivity index (χ2n) is 5.75. The smallest absolute Gasteiger partial charge is 0.174 e. The highest BCUT2D eigenvalue weighted by molar-refractivity contribution is 6.02. The van der Waals surface area contributed by atoms with Gasteiger partial charge in [0.2, 0.25) is 0 Å². The van der Waals surface area contributed by atoms with Crippen molar-refractivity contribution in [3.63, 3.8) is 0 Å². The quantitative estimate of drug-likeness (QED) is 0.361. The van der Waals surface area contributed by atoms with Gasteiger partial charge in [0.05, 0.1) is 11.3 Å². The standard InChI is InChI=1S/C14H24N6O/c1-9-8-19(4)6-5-7-20(9)14-12(13(15)18-21)10(2)11(3)16-17-14/h9,21H,5-8H2,1-4H3,(H2,15,18). The zero-order valence-corrected chi connectivity index (χ0v) is 13.2. The first kappa shape index (κ1) is 15.5. The van der Waals surface area contributed by atoms with Crippen LogP contribution in [0.2, 0.25) is 0 Å². The molecule has 3 N–H and O–H groups in total. The fraction of sp³-hybridized carbons (Fsp3) is 0.643. The van der Waals surface area contributed by atoms with Crippen molar-refractivity contribution < 1.29 is 5.21 Å². The lowest BCUT2D eigenvalue weighted by atomic mass is 10.1. The van der Waals surface area contributed by atoms with E-state index in [1.165, 1.54) is 0 Å². The molecule has 0 saturated carbocycles. The molecule has 116 valence electrons. The van der Waals surface area contributed by atoms with Crippen molar-refractivity contribution in [1.29, 1.82) is 0 Å². The zero-order valence-electron chi connectivity index (χ0n) is 13.2. The van der Waals surface area contributed by atoms with E-state index >= 15 is 0 Å². The predicted octanol–water partition coefficient (Wildman–Crippen LogP) is 0.718. The Morgan fingerprint density at radius 1 is 1.33 bits per heavy atom. The van der Waals surface area contributed by atoms with Crippen LogP contribution in [0.3, 0.4) is 0 Å². The summed E-state index contributed by atoms with van der Waals surface area (Å²) >= 11 is 0. The first-order valence-corrected chi connectivity index (χ1v) is 7.22. The molecule has 2 rings (SSSR count). The summed E-state index contributed by atoms with van der Waals surface area (Å²) in [7, 11) is 2.12. The molecule has 1 unspecified atom stereocenters. The number of amidine groups is 1. The number of hydrogen-bond donors (Lipinski definition) is 2. The highest BCUT2D eigenvalue weighted by atomic mass is 16.4. The molecule has 0 amide bonds. The molecule has 1 fully saturated rings. The average Bonchev–Trinajstić information content (AvgIpc) is 2.61. The molecule has 0 aliphatic carbocycles.